The Kier molecular flexibility index (Phi) is 3.16. The molecule has 0 saturated carbocycles. The molecule has 1 atom stereocenters. The van der Waals surface area contributed by atoms with Gasteiger partial charge in [0.15, 0.2) is 5.69 Å². The van der Waals surface area contributed by atoms with Crippen molar-refractivity contribution in [3.63, 3.8) is 0 Å². The molecule has 1 saturated heterocycles. The van der Waals surface area contributed by atoms with Gasteiger partial charge in [-0.05, 0) is 6.08 Å². The van der Waals surface area contributed by atoms with Gasteiger partial charge in [0, 0.05) is 12.1 Å². The van der Waals surface area contributed by atoms with E-state index < -0.39 is 28.4 Å². The van der Waals surface area contributed by atoms with Gasteiger partial charge in [-0.15, -0.1) is 4.28 Å². The molecule has 3 N–H and O–H groups in total. The quantitative estimate of drug-likeness (QED) is 0.666. The number of carbonyl (C=O) groups is 2. The van der Waals surface area contributed by atoms with Crippen LogP contribution in [-0.4, -0.2) is 59.0 Å². The summed E-state index contributed by atoms with van der Waals surface area (Å²) in [6.07, 6.45) is 2.59. The zero-order chi connectivity index (χ0) is 16.1. The number of carbonyl (C=O) groups excluding carboxylic acids is 2. The Bertz CT molecular complexity index is 783. The van der Waals surface area contributed by atoms with Crippen LogP contribution in [0.4, 0.5) is 4.79 Å². The van der Waals surface area contributed by atoms with Crippen molar-refractivity contribution in [2.45, 2.75) is 6.04 Å². The molecule has 1 aromatic heterocycles. The number of hydrogen-bond donors (Lipinski definition) is 2. The minimum Gasteiger partial charge on any atom is -0.444 e. The van der Waals surface area contributed by atoms with Crippen LogP contribution < -0.4 is 5.73 Å². The summed E-state index contributed by atoms with van der Waals surface area (Å²) in [4.78, 5) is 28.1. The maximum absolute atomic E-state index is 11.9. The third-order valence-corrected chi connectivity index (χ3v) is 3.48. The van der Waals surface area contributed by atoms with Gasteiger partial charge in [0.1, 0.15) is 6.26 Å². The van der Waals surface area contributed by atoms with Crippen molar-refractivity contribution in [3.8, 4) is 0 Å². The molecule has 12 heteroatoms. The van der Waals surface area contributed by atoms with Gasteiger partial charge >= 0.3 is 16.4 Å². The van der Waals surface area contributed by atoms with Crippen LogP contribution in [0.3, 0.4) is 0 Å². The number of fused-ring (bicyclic) bond motifs is 2. The molecule has 2 aliphatic rings. The summed E-state index contributed by atoms with van der Waals surface area (Å²) in [6.45, 7) is 0.265. The first-order valence-corrected chi connectivity index (χ1v) is 7.32. The van der Waals surface area contributed by atoms with E-state index in [2.05, 4.69) is 9.27 Å². The number of rotatable bonds is 4. The lowest BCUT2D eigenvalue weighted by Crippen LogP contribution is -2.35. The predicted molar refractivity (Wildman–Crippen MR) is 68.2 cm³/mol. The lowest BCUT2D eigenvalue weighted by atomic mass is 10.1. The first kappa shape index (κ1) is 14.5. The largest absolute Gasteiger partial charge is 0.444 e. The number of nitrogens with two attached hydrogens (primary N) is 1. The number of aromatic nitrogens is 1. The van der Waals surface area contributed by atoms with Gasteiger partial charge in [-0.2, -0.15) is 13.5 Å². The number of urea groups is 1. The molecular weight excluding hydrogens is 320 g/mol. The fourth-order valence-electron chi connectivity index (χ4n) is 2.26. The molecule has 118 valence electrons. The molecule has 22 heavy (non-hydrogen) atoms. The maximum atomic E-state index is 11.9. The van der Waals surface area contributed by atoms with Crippen molar-refractivity contribution in [3.05, 3.63) is 23.9 Å². The van der Waals surface area contributed by atoms with E-state index in [1.54, 1.807) is 0 Å². The van der Waals surface area contributed by atoms with Gasteiger partial charge in [-0.3, -0.25) is 9.35 Å². The predicted octanol–water partition coefficient (Wildman–Crippen LogP) is -0.989. The smallest absolute Gasteiger partial charge is 0.418 e. The average Bonchev–Trinajstić information content (AvgIpc) is 2.98. The van der Waals surface area contributed by atoms with Crippen LogP contribution in [-0.2, 0) is 14.7 Å². The normalized spacial score (nSPS) is 21.2. The van der Waals surface area contributed by atoms with E-state index in [1.165, 1.54) is 11.0 Å². The molecule has 11 nitrogen and oxygen atoms in total. The second-order valence-electron chi connectivity index (χ2n) is 4.65. The number of hydroxylamine groups is 2. The van der Waals surface area contributed by atoms with Crippen molar-refractivity contribution in [1.82, 2.24) is 14.9 Å². The van der Waals surface area contributed by atoms with Gasteiger partial charge in [0.2, 0.25) is 5.89 Å². The van der Waals surface area contributed by atoms with E-state index in [1.807, 2.05) is 0 Å². The summed E-state index contributed by atoms with van der Waals surface area (Å²) in [7, 11) is -4.82. The van der Waals surface area contributed by atoms with E-state index >= 15 is 0 Å². The lowest BCUT2D eigenvalue weighted by molar-refractivity contribution is -0.0183. The van der Waals surface area contributed by atoms with Crippen LogP contribution in [0.15, 0.2) is 16.8 Å². The van der Waals surface area contributed by atoms with Crippen molar-refractivity contribution in [2.24, 2.45) is 5.73 Å². The van der Waals surface area contributed by atoms with Crippen molar-refractivity contribution >= 4 is 27.9 Å². The van der Waals surface area contributed by atoms with Crippen LogP contribution in [0, 0.1) is 0 Å². The van der Waals surface area contributed by atoms with Gasteiger partial charge in [0.25, 0.3) is 5.91 Å². The number of amides is 3. The molecule has 1 fully saturated rings. The summed E-state index contributed by atoms with van der Waals surface area (Å²) < 4.78 is 39.6. The van der Waals surface area contributed by atoms with Gasteiger partial charge in [-0.1, -0.05) is 0 Å². The zero-order valence-corrected chi connectivity index (χ0v) is 11.7. The third-order valence-electron chi connectivity index (χ3n) is 3.13. The van der Waals surface area contributed by atoms with Crippen LogP contribution in [0.1, 0.15) is 16.4 Å². The van der Waals surface area contributed by atoms with Crippen LogP contribution in [0.2, 0.25) is 0 Å². The summed E-state index contributed by atoms with van der Waals surface area (Å²) in [5, 5.41) is 0.542. The molecule has 1 unspecified atom stereocenters. The Balaban J connectivity index is 1.89. The highest BCUT2D eigenvalue weighted by Gasteiger charge is 2.43. The number of nitrogens with zero attached hydrogens (tertiary/aromatic N) is 3. The molecule has 0 aliphatic carbocycles. The fraction of sp³-hybridized carbons (Fsp3) is 0.300. The van der Waals surface area contributed by atoms with E-state index in [0.717, 1.165) is 6.26 Å². The Morgan fingerprint density at radius 1 is 1.55 bits per heavy atom. The Morgan fingerprint density at radius 3 is 2.86 bits per heavy atom. The van der Waals surface area contributed by atoms with E-state index in [9.17, 15) is 18.0 Å². The van der Waals surface area contributed by atoms with Gasteiger partial charge in [0.05, 0.1) is 12.6 Å². The monoisotopic (exact) mass is 330 g/mol. The second kappa shape index (κ2) is 4.79. The topological polar surface area (TPSA) is 156 Å². The Morgan fingerprint density at radius 2 is 2.27 bits per heavy atom. The van der Waals surface area contributed by atoms with Crippen LogP contribution in [0.25, 0.3) is 5.57 Å². The molecule has 3 rings (SSSR count). The highest BCUT2D eigenvalue weighted by Crippen LogP contribution is 2.29. The molecule has 3 amide bonds. The number of hydrogen-bond acceptors (Lipinski definition) is 7. The zero-order valence-electron chi connectivity index (χ0n) is 10.9. The highest BCUT2D eigenvalue weighted by molar-refractivity contribution is 7.80. The maximum Gasteiger partial charge on any atom is 0.418 e. The summed E-state index contributed by atoms with van der Waals surface area (Å²) in [5.41, 5.74) is 5.46. The molecule has 2 bridgehead atoms. The third kappa shape index (κ3) is 2.54. The van der Waals surface area contributed by atoms with E-state index in [0.29, 0.717) is 10.6 Å². The van der Waals surface area contributed by atoms with E-state index in [-0.39, 0.29) is 24.7 Å². The molecule has 0 spiro atoms. The molecule has 0 aromatic carbocycles. The molecule has 2 aliphatic heterocycles. The van der Waals surface area contributed by atoms with Crippen molar-refractivity contribution in [1.29, 1.82) is 0 Å². The summed E-state index contributed by atoms with van der Waals surface area (Å²) in [5.74, 6) is -0.674. The minimum absolute atomic E-state index is 0.0683. The fourth-order valence-corrected chi connectivity index (χ4v) is 2.64. The molecular formula is C10H10N4O7S. The molecule has 0 radical (unpaired) electrons. The van der Waals surface area contributed by atoms with Crippen molar-refractivity contribution < 1.29 is 31.3 Å². The van der Waals surface area contributed by atoms with Crippen LogP contribution in [0.5, 0.6) is 0 Å². The first-order valence-electron chi connectivity index (χ1n) is 5.96. The molecule has 1 aromatic rings. The average molecular weight is 330 g/mol. The number of primary amides is 1. The highest BCUT2D eigenvalue weighted by atomic mass is 32.3. The second-order valence-corrected chi connectivity index (χ2v) is 5.66. The van der Waals surface area contributed by atoms with E-state index in [4.69, 9.17) is 14.7 Å². The van der Waals surface area contributed by atoms with Gasteiger partial charge < -0.3 is 15.1 Å². The lowest BCUT2D eigenvalue weighted by Gasteiger charge is -2.19. The minimum atomic E-state index is -4.82. The Labute approximate surface area is 123 Å². The van der Waals surface area contributed by atoms with Gasteiger partial charge in [-0.25, -0.2) is 9.78 Å². The number of oxazole rings is 1. The van der Waals surface area contributed by atoms with Crippen molar-refractivity contribution in [2.75, 3.05) is 13.1 Å². The molecule has 3 heterocycles. The Hall–Kier alpha value is -2.44. The SMILES string of the molecule is NC(=O)c1coc(C2=CC3CN(C2)C(=O)N3OS(=O)(=O)O)n1. The summed E-state index contributed by atoms with van der Waals surface area (Å²) >= 11 is 0. The van der Waals surface area contributed by atoms with Crippen LogP contribution >= 0.6 is 0 Å². The summed E-state index contributed by atoms with van der Waals surface area (Å²) in [6, 6.07) is -1.47. The first-order chi connectivity index (χ1) is 10.2. The standard InChI is InChI=1S/C10H10N4O7S/c11-8(15)7-4-20-9(12-7)5-1-6-3-13(2-5)10(16)14(6)21-22(17,18)19/h1,4,6H,2-3H2,(H2,11,15)(H,17,18,19).